The van der Waals surface area contributed by atoms with Crippen LogP contribution >= 0.6 is 0 Å². The summed E-state index contributed by atoms with van der Waals surface area (Å²) in [4.78, 5) is 0. The fraction of sp³-hybridized carbons (Fsp3) is 0.889. The number of halogens is 3. The molecule has 94 valence electrons. The second-order valence-electron chi connectivity index (χ2n) is 3.52. The van der Waals surface area contributed by atoms with Crippen molar-refractivity contribution in [3.05, 3.63) is 0 Å². The highest BCUT2D eigenvalue weighted by atomic mass is 19.4. The van der Waals surface area contributed by atoms with E-state index in [1.54, 1.807) is 6.07 Å². The normalized spacial score (nSPS) is 15.9. The minimum atomic E-state index is -4.35. The van der Waals surface area contributed by atoms with E-state index in [0.717, 1.165) is 0 Å². The van der Waals surface area contributed by atoms with Crippen LogP contribution in [0.25, 0.3) is 0 Å². The number of nitriles is 1. The average Bonchev–Trinajstić information content (AvgIpc) is 2.22. The molecule has 0 aliphatic carbocycles. The molecule has 0 spiro atoms. The predicted molar refractivity (Wildman–Crippen MR) is 50.5 cm³/mol. The Morgan fingerprint density at radius 2 is 1.81 bits per heavy atom. The molecule has 16 heavy (non-hydrogen) atoms. The third-order valence-corrected chi connectivity index (χ3v) is 2.03. The first kappa shape index (κ1) is 15.2. The molecule has 0 fully saturated rings. The summed E-state index contributed by atoms with van der Waals surface area (Å²) in [5, 5.41) is 11.0. The van der Waals surface area contributed by atoms with Crippen molar-refractivity contribution in [1.29, 1.82) is 5.26 Å². The second-order valence-corrected chi connectivity index (χ2v) is 3.52. The number of hydrogen-bond donors (Lipinski definition) is 1. The van der Waals surface area contributed by atoms with Gasteiger partial charge in [0, 0.05) is 20.6 Å². The Morgan fingerprint density at radius 1 is 1.31 bits per heavy atom. The molecule has 0 bridgehead atoms. The molecule has 0 radical (unpaired) electrons. The summed E-state index contributed by atoms with van der Waals surface area (Å²) in [5.41, 5.74) is -1.34. The van der Waals surface area contributed by atoms with Crippen LogP contribution in [0.1, 0.15) is 13.3 Å². The van der Waals surface area contributed by atoms with E-state index >= 15 is 0 Å². The second kappa shape index (κ2) is 6.03. The molecule has 7 heteroatoms. The lowest BCUT2D eigenvalue weighted by atomic mass is 9.99. The van der Waals surface area contributed by atoms with Crippen LogP contribution in [0.15, 0.2) is 0 Å². The molecule has 0 aromatic rings. The van der Waals surface area contributed by atoms with Crippen LogP contribution in [0.4, 0.5) is 13.2 Å². The molecule has 0 aromatic carbocycles. The third-order valence-electron chi connectivity index (χ3n) is 2.03. The van der Waals surface area contributed by atoms with Crippen molar-refractivity contribution in [3.63, 3.8) is 0 Å². The van der Waals surface area contributed by atoms with Crippen LogP contribution in [-0.4, -0.2) is 38.8 Å². The molecule has 0 aliphatic rings. The fourth-order valence-electron chi connectivity index (χ4n) is 1.05. The molecule has 0 saturated carbocycles. The molecule has 1 unspecified atom stereocenters. The van der Waals surface area contributed by atoms with Gasteiger partial charge in [0.1, 0.15) is 5.54 Å². The number of nitrogens with one attached hydrogen (secondary N) is 1. The van der Waals surface area contributed by atoms with Gasteiger partial charge in [-0.1, -0.05) is 0 Å². The van der Waals surface area contributed by atoms with Gasteiger partial charge in [-0.2, -0.15) is 18.4 Å². The number of alkyl halides is 3. The van der Waals surface area contributed by atoms with E-state index in [1.165, 1.54) is 21.1 Å². The molecular weight excluding hydrogens is 225 g/mol. The van der Waals surface area contributed by atoms with E-state index in [-0.39, 0.29) is 6.42 Å². The van der Waals surface area contributed by atoms with E-state index in [2.05, 4.69) is 5.32 Å². The lowest BCUT2D eigenvalue weighted by Crippen LogP contribution is -2.48. The van der Waals surface area contributed by atoms with Crippen molar-refractivity contribution in [1.82, 2.24) is 5.32 Å². The summed E-state index contributed by atoms with van der Waals surface area (Å²) < 4.78 is 45.6. The first-order valence-electron chi connectivity index (χ1n) is 4.55. The third kappa shape index (κ3) is 5.90. The Morgan fingerprint density at radius 3 is 2.12 bits per heavy atom. The molecule has 0 aromatic heterocycles. The van der Waals surface area contributed by atoms with Crippen molar-refractivity contribution in [2.24, 2.45) is 0 Å². The quantitative estimate of drug-likeness (QED) is 0.713. The Balaban J connectivity index is 4.38. The molecule has 0 rings (SSSR count). The maximum absolute atomic E-state index is 12.0. The van der Waals surface area contributed by atoms with Crippen LogP contribution in [0, 0.1) is 11.3 Å². The van der Waals surface area contributed by atoms with Crippen LogP contribution in [0.5, 0.6) is 0 Å². The predicted octanol–water partition coefficient (Wildman–Crippen LogP) is 1.43. The molecular formula is C9H15F3N2O2. The van der Waals surface area contributed by atoms with Crippen molar-refractivity contribution in [2.75, 3.05) is 20.8 Å². The highest BCUT2D eigenvalue weighted by Crippen LogP contribution is 2.18. The molecule has 1 N–H and O–H groups in total. The van der Waals surface area contributed by atoms with Crippen molar-refractivity contribution >= 4 is 0 Å². The van der Waals surface area contributed by atoms with Crippen LogP contribution in [0.3, 0.4) is 0 Å². The molecule has 0 heterocycles. The van der Waals surface area contributed by atoms with Crippen LogP contribution in [-0.2, 0) is 9.47 Å². The Labute approximate surface area is 92.3 Å². The number of ether oxygens (including phenoxy) is 2. The van der Waals surface area contributed by atoms with Gasteiger partial charge in [-0.25, -0.2) is 0 Å². The molecule has 0 aliphatic heterocycles. The van der Waals surface area contributed by atoms with Gasteiger partial charge < -0.3 is 9.47 Å². The Hall–Kier alpha value is -0.840. The smallest absolute Gasteiger partial charge is 0.356 e. The topological polar surface area (TPSA) is 54.3 Å². The Kier molecular flexibility index (Phi) is 5.72. The molecule has 1 atom stereocenters. The number of hydrogen-bond acceptors (Lipinski definition) is 4. The first-order valence-corrected chi connectivity index (χ1v) is 4.55. The standard InChI is InChI=1S/C9H15F3N2O2/c1-8(5-13,4-7(15-2)16-3)14-6-9(10,11)12/h7,14H,4,6H2,1-3H3. The summed E-state index contributed by atoms with van der Waals surface area (Å²) in [6, 6.07) is 1.78. The molecule has 0 amide bonds. The summed E-state index contributed by atoms with van der Waals surface area (Å²) in [5.74, 6) is 0. The number of nitrogens with zero attached hydrogens (tertiary/aromatic N) is 1. The van der Waals surface area contributed by atoms with Crippen molar-refractivity contribution in [2.45, 2.75) is 31.3 Å². The van der Waals surface area contributed by atoms with Crippen LogP contribution < -0.4 is 5.32 Å². The lowest BCUT2D eigenvalue weighted by molar-refractivity contribution is -0.135. The zero-order valence-electron chi connectivity index (χ0n) is 9.39. The first-order chi connectivity index (χ1) is 7.26. The van der Waals surface area contributed by atoms with Gasteiger partial charge in [-0.15, -0.1) is 0 Å². The van der Waals surface area contributed by atoms with Gasteiger partial charge in [-0.3, -0.25) is 5.32 Å². The fourth-order valence-corrected chi connectivity index (χ4v) is 1.05. The van der Waals surface area contributed by atoms with Gasteiger partial charge in [0.2, 0.25) is 0 Å². The monoisotopic (exact) mass is 240 g/mol. The van der Waals surface area contributed by atoms with Gasteiger partial charge in [0.05, 0.1) is 12.6 Å². The van der Waals surface area contributed by atoms with E-state index in [9.17, 15) is 13.2 Å². The summed E-state index contributed by atoms with van der Waals surface area (Å²) in [7, 11) is 2.71. The van der Waals surface area contributed by atoms with Gasteiger partial charge in [0.25, 0.3) is 0 Å². The van der Waals surface area contributed by atoms with Gasteiger partial charge in [-0.05, 0) is 6.92 Å². The zero-order chi connectivity index (χ0) is 12.8. The largest absolute Gasteiger partial charge is 0.401 e. The zero-order valence-corrected chi connectivity index (χ0v) is 9.39. The lowest BCUT2D eigenvalue weighted by Gasteiger charge is -2.27. The minimum absolute atomic E-state index is 0.00653. The molecule has 0 saturated heterocycles. The van der Waals surface area contributed by atoms with Gasteiger partial charge >= 0.3 is 6.18 Å². The maximum Gasteiger partial charge on any atom is 0.401 e. The van der Waals surface area contributed by atoms with Crippen LogP contribution in [0.2, 0.25) is 0 Å². The van der Waals surface area contributed by atoms with Crippen molar-refractivity contribution in [3.8, 4) is 6.07 Å². The minimum Gasteiger partial charge on any atom is -0.356 e. The summed E-state index contributed by atoms with van der Waals surface area (Å²) in [6.07, 6.45) is -5.06. The Bertz CT molecular complexity index is 248. The van der Waals surface area contributed by atoms with E-state index in [4.69, 9.17) is 14.7 Å². The highest BCUT2D eigenvalue weighted by Gasteiger charge is 2.34. The highest BCUT2D eigenvalue weighted by molar-refractivity contribution is 5.04. The van der Waals surface area contributed by atoms with E-state index < -0.39 is 24.6 Å². The van der Waals surface area contributed by atoms with E-state index in [1.807, 2.05) is 0 Å². The maximum atomic E-state index is 12.0. The number of rotatable bonds is 6. The molecule has 4 nitrogen and oxygen atoms in total. The average molecular weight is 240 g/mol. The number of methoxy groups -OCH3 is 2. The van der Waals surface area contributed by atoms with E-state index in [0.29, 0.717) is 0 Å². The van der Waals surface area contributed by atoms with Crippen molar-refractivity contribution < 1.29 is 22.6 Å². The SMILES string of the molecule is COC(CC(C)(C#N)NCC(F)(F)F)OC. The summed E-state index contributed by atoms with van der Waals surface area (Å²) >= 11 is 0. The van der Waals surface area contributed by atoms with Gasteiger partial charge in [0.15, 0.2) is 6.29 Å². The summed E-state index contributed by atoms with van der Waals surface area (Å²) in [6.45, 7) is 0.140.